The molecule has 0 aliphatic heterocycles. The van der Waals surface area contributed by atoms with Crippen molar-refractivity contribution in [3.05, 3.63) is 64.7 Å². The Hall–Kier alpha value is -1.45. The highest BCUT2D eigenvalue weighted by molar-refractivity contribution is 9.08. The average Bonchev–Trinajstić information content (AvgIpc) is 2.88. The van der Waals surface area contributed by atoms with Crippen LogP contribution in [0, 0.1) is 0 Å². The fourth-order valence-corrected chi connectivity index (χ4v) is 3.09. The number of thiazole rings is 1. The van der Waals surface area contributed by atoms with E-state index in [-0.39, 0.29) is 0 Å². The monoisotopic (exact) mass is 329 g/mol. The molecule has 2 aromatic carbocycles. The molecule has 0 unspecified atom stereocenters. The van der Waals surface area contributed by atoms with E-state index in [1.54, 1.807) is 11.3 Å². The van der Waals surface area contributed by atoms with E-state index >= 15 is 0 Å². The molecule has 0 aliphatic carbocycles. The Morgan fingerprint density at radius 1 is 1.00 bits per heavy atom. The Morgan fingerprint density at radius 2 is 1.79 bits per heavy atom. The zero-order chi connectivity index (χ0) is 13.1. The molecule has 1 aromatic heterocycles. The Balaban J connectivity index is 1.84. The van der Waals surface area contributed by atoms with Gasteiger partial charge in [0.1, 0.15) is 5.01 Å². The lowest BCUT2D eigenvalue weighted by Gasteiger charge is -1.95. The molecule has 0 spiro atoms. The van der Waals surface area contributed by atoms with E-state index in [1.807, 2.05) is 18.2 Å². The number of alkyl halides is 1. The van der Waals surface area contributed by atoms with Crippen LogP contribution in [0.5, 0.6) is 0 Å². The van der Waals surface area contributed by atoms with Gasteiger partial charge in [-0.15, -0.1) is 11.3 Å². The predicted molar refractivity (Wildman–Crippen MR) is 87.6 cm³/mol. The smallest absolute Gasteiger partial charge is 0.117 e. The van der Waals surface area contributed by atoms with Crippen LogP contribution in [0.15, 0.2) is 48.5 Å². The van der Waals surface area contributed by atoms with E-state index in [1.165, 1.54) is 15.8 Å². The first-order valence-corrected chi connectivity index (χ1v) is 7.97. The van der Waals surface area contributed by atoms with Gasteiger partial charge in [0.2, 0.25) is 0 Å². The third kappa shape index (κ3) is 2.94. The summed E-state index contributed by atoms with van der Waals surface area (Å²) in [7, 11) is 0. The summed E-state index contributed by atoms with van der Waals surface area (Å²) >= 11 is 5.17. The average molecular weight is 330 g/mol. The topological polar surface area (TPSA) is 12.9 Å². The molecule has 19 heavy (non-hydrogen) atoms. The van der Waals surface area contributed by atoms with Gasteiger partial charge in [-0.05, 0) is 29.3 Å². The lowest BCUT2D eigenvalue weighted by molar-refractivity contribution is 1.43. The van der Waals surface area contributed by atoms with Crippen molar-refractivity contribution in [1.82, 2.24) is 4.98 Å². The van der Waals surface area contributed by atoms with Crippen LogP contribution in [-0.2, 0) is 5.33 Å². The van der Waals surface area contributed by atoms with E-state index < -0.39 is 0 Å². The number of benzene rings is 2. The van der Waals surface area contributed by atoms with Crippen LogP contribution in [0.25, 0.3) is 22.4 Å². The van der Waals surface area contributed by atoms with Crippen LogP contribution < -0.4 is 0 Å². The van der Waals surface area contributed by atoms with Crippen LogP contribution in [0.1, 0.15) is 16.1 Å². The number of fused-ring (bicyclic) bond motifs is 1. The second-order valence-corrected chi connectivity index (χ2v) is 5.85. The van der Waals surface area contributed by atoms with E-state index in [0.717, 1.165) is 15.9 Å². The molecule has 3 aromatic rings. The van der Waals surface area contributed by atoms with Gasteiger partial charge in [0.25, 0.3) is 0 Å². The first-order chi connectivity index (χ1) is 9.35. The van der Waals surface area contributed by atoms with Gasteiger partial charge < -0.3 is 0 Å². The van der Waals surface area contributed by atoms with Crippen LogP contribution >= 0.6 is 27.3 Å². The Bertz CT molecular complexity index is 680. The van der Waals surface area contributed by atoms with Gasteiger partial charge in [0, 0.05) is 5.33 Å². The molecule has 3 heteroatoms. The third-order valence-electron chi connectivity index (χ3n) is 2.86. The van der Waals surface area contributed by atoms with Crippen LogP contribution in [0.2, 0.25) is 0 Å². The minimum absolute atomic E-state index is 0.898. The van der Waals surface area contributed by atoms with Gasteiger partial charge in [-0.25, -0.2) is 4.98 Å². The zero-order valence-corrected chi connectivity index (χ0v) is 12.6. The predicted octanol–water partition coefficient (Wildman–Crippen LogP) is 5.36. The van der Waals surface area contributed by atoms with Gasteiger partial charge >= 0.3 is 0 Å². The molecule has 3 rings (SSSR count). The summed E-state index contributed by atoms with van der Waals surface area (Å²) in [5.41, 5.74) is 3.56. The van der Waals surface area contributed by atoms with Crippen molar-refractivity contribution in [2.75, 3.05) is 0 Å². The summed E-state index contributed by atoms with van der Waals surface area (Å²) in [5.74, 6) is 0. The molecule has 0 atom stereocenters. The number of hydrogen-bond acceptors (Lipinski definition) is 2. The first kappa shape index (κ1) is 12.6. The van der Waals surface area contributed by atoms with E-state index in [9.17, 15) is 0 Å². The molecule has 0 aliphatic rings. The van der Waals surface area contributed by atoms with Gasteiger partial charge in [-0.3, -0.25) is 0 Å². The van der Waals surface area contributed by atoms with Crippen molar-refractivity contribution in [3.63, 3.8) is 0 Å². The lowest BCUT2D eigenvalue weighted by Crippen LogP contribution is -1.77. The van der Waals surface area contributed by atoms with Crippen molar-refractivity contribution < 1.29 is 0 Å². The molecule has 0 radical (unpaired) electrons. The van der Waals surface area contributed by atoms with Crippen molar-refractivity contribution in [1.29, 1.82) is 0 Å². The standard InChI is InChI=1S/C16H12BrNS/c17-11-13-7-5-12(6-8-13)9-10-16-18-14-3-1-2-4-15(14)19-16/h1-10H,11H2/b10-9+. The van der Waals surface area contributed by atoms with Gasteiger partial charge in [0.05, 0.1) is 10.2 Å². The normalized spacial score (nSPS) is 11.4. The van der Waals surface area contributed by atoms with Crippen molar-refractivity contribution in [2.24, 2.45) is 0 Å². The molecule has 94 valence electrons. The number of para-hydroxylation sites is 1. The number of aromatic nitrogens is 1. The highest BCUT2D eigenvalue weighted by Crippen LogP contribution is 2.23. The summed E-state index contributed by atoms with van der Waals surface area (Å²) in [6.07, 6.45) is 4.18. The third-order valence-corrected chi connectivity index (χ3v) is 4.51. The molecule has 0 bridgehead atoms. The molecule has 0 N–H and O–H groups in total. The van der Waals surface area contributed by atoms with E-state index in [2.05, 4.69) is 63.4 Å². The summed E-state index contributed by atoms with van der Waals surface area (Å²) in [5, 5.41) is 1.94. The first-order valence-electron chi connectivity index (χ1n) is 6.04. The molecular formula is C16H12BrNS. The van der Waals surface area contributed by atoms with Crippen molar-refractivity contribution in [3.8, 4) is 0 Å². The van der Waals surface area contributed by atoms with Crippen LogP contribution in [-0.4, -0.2) is 4.98 Å². The molecule has 0 fully saturated rings. The highest BCUT2D eigenvalue weighted by atomic mass is 79.9. The highest BCUT2D eigenvalue weighted by Gasteiger charge is 1.99. The van der Waals surface area contributed by atoms with Crippen molar-refractivity contribution in [2.45, 2.75) is 5.33 Å². The maximum atomic E-state index is 4.59. The van der Waals surface area contributed by atoms with Gasteiger partial charge in [0.15, 0.2) is 0 Å². The van der Waals surface area contributed by atoms with Crippen LogP contribution in [0.4, 0.5) is 0 Å². The Labute approximate surface area is 124 Å². The number of hydrogen-bond donors (Lipinski definition) is 0. The largest absolute Gasteiger partial charge is 0.237 e. The molecule has 1 heterocycles. The SMILES string of the molecule is BrCc1ccc(/C=C/c2nc3ccccc3s2)cc1. The maximum Gasteiger partial charge on any atom is 0.117 e. The summed E-state index contributed by atoms with van der Waals surface area (Å²) < 4.78 is 1.23. The summed E-state index contributed by atoms with van der Waals surface area (Å²) in [6.45, 7) is 0. The second kappa shape index (κ2) is 5.68. The fourth-order valence-electron chi connectivity index (χ4n) is 1.85. The quantitative estimate of drug-likeness (QED) is 0.589. The van der Waals surface area contributed by atoms with Gasteiger partial charge in [-0.1, -0.05) is 58.4 Å². The number of halogens is 1. The van der Waals surface area contributed by atoms with E-state index in [0.29, 0.717) is 0 Å². The molecule has 1 nitrogen and oxygen atoms in total. The molecule has 0 amide bonds. The number of nitrogens with zero attached hydrogens (tertiary/aromatic N) is 1. The molecule has 0 saturated heterocycles. The Kier molecular flexibility index (Phi) is 3.76. The number of rotatable bonds is 3. The Morgan fingerprint density at radius 3 is 2.53 bits per heavy atom. The maximum absolute atomic E-state index is 4.59. The second-order valence-electron chi connectivity index (χ2n) is 4.23. The van der Waals surface area contributed by atoms with Gasteiger partial charge in [-0.2, -0.15) is 0 Å². The fraction of sp³-hybridized carbons (Fsp3) is 0.0625. The summed E-state index contributed by atoms with van der Waals surface area (Å²) in [6, 6.07) is 16.7. The molecule has 0 saturated carbocycles. The zero-order valence-electron chi connectivity index (χ0n) is 10.2. The van der Waals surface area contributed by atoms with Crippen molar-refractivity contribution >= 4 is 49.6 Å². The molecular weight excluding hydrogens is 318 g/mol. The lowest BCUT2D eigenvalue weighted by atomic mass is 10.1. The minimum Gasteiger partial charge on any atom is -0.237 e. The minimum atomic E-state index is 0.898. The van der Waals surface area contributed by atoms with E-state index in [4.69, 9.17) is 0 Å². The summed E-state index contributed by atoms with van der Waals surface area (Å²) in [4.78, 5) is 4.59. The van der Waals surface area contributed by atoms with Crippen LogP contribution in [0.3, 0.4) is 0 Å².